The number of hydrogen-bond acceptors (Lipinski definition) is 6. The lowest BCUT2D eigenvalue weighted by Crippen LogP contribution is -2.13. The van der Waals surface area contributed by atoms with E-state index in [0.29, 0.717) is 11.6 Å². The van der Waals surface area contributed by atoms with Gasteiger partial charge in [-0.1, -0.05) is 23.7 Å². The van der Waals surface area contributed by atoms with Crippen LogP contribution < -0.4 is 14.9 Å². The molecule has 0 unspecified atom stereocenters. The van der Waals surface area contributed by atoms with E-state index >= 15 is 0 Å². The molecule has 2 N–H and O–H groups in total. The number of rotatable bonds is 6. The second-order valence-electron chi connectivity index (χ2n) is 6.32. The van der Waals surface area contributed by atoms with Crippen LogP contribution in [0.1, 0.15) is 5.69 Å². The van der Waals surface area contributed by atoms with Gasteiger partial charge in [0.05, 0.1) is 5.02 Å². The molecule has 0 spiro atoms. The van der Waals surface area contributed by atoms with Gasteiger partial charge < -0.3 is 10.2 Å². The molecule has 0 bridgehead atoms. The first-order valence-corrected chi connectivity index (χ1v) is 10.3. The van der Waals surface area contributed by atoms with Crippen molar-refractivity contribution in [2.75, 3.05) is 29.0 Å². The highest BCUT2D eigenvalue weighted by Crippen LogP contribution is 2.24. The van der Waals surface area contributed by atoms with Crippen LogP contribution in [0.25, 0.3) is 0 Å². The van der Waals surface area contributed by atoms with E-state index in [-0.39, 0.29) is 9.92 Å². The highest BCUT2D eigenvalue weighted by atomic mass is 35.5. The van der Waals surface area contributed by atoms with Crippen LogP contribution in [0.3, 0.4) is 0 Å². The molecular formula is C19H20ClN5O2S. The Morgan fingerprint density at radius 3 is 2.25 bits per heavy atom. The van der Waals surface area contributed by atoms with Gasteiger partial charge in [0.1, 0.15) is 10.7 Å². The molecule has 0 saturated heterocycles. The fraction of sp³-hybridized carbons (Fsp3) is 0.158. The highest BCUT2D eigenvalue weighted by molar-refractivity contribution is 7.92. The van der Waals surface area contributed by atoms with E-state index in [1.165, 1.54) is 12.1 Å². The first-order chi connectivity index (χ1) is 13.2. The molecule has 146 valence electrons. The number of aryl methyl sites for hydroxylation is 1. The van der Waals surface area contributed by atoms with Gasteiger partial charge in [0, 0.05) is 37.2 Å². The van der Waals surface area contributed by atoms with E-state index in [0.717, 1.165) is 17.2 Å². The number of hydrogen-bond donors (Lipinski definition) is 2. The lowest BCUT2D eigenvalue weighted by Gasteiger charge is -2.14. The summed E-state index contributed by atoms with van der Waals surface area (Å²) in [6.45, 7) is 1.90. The molecule has 0 atom stereocenters. The highest BCUT2D eigenvalue weighted by Gasteiger charge is 2.17. The summed E-state index contributed by atoms with van der Waals surface area (Å²) in [6.07, 6.45) is 0. The van der Waals surface area contributed by atoms with Crippen LogP contribution in [0, 0.1) is 6.92 Å². The fourth-order valence-electron chi connectivity index (χ4n) is 2.46. The van der Waals surface area contributed by atoms with Crippen LogP contribution in [0.2, 0.25) is 5.02 Å². The summed E-state index contributed by atoms with van der Waals surface area (Å²) < 4.78 is 27.5. The minimum Gasteiger partial charge on any atom is -0.363 e. The molecule has 3 aromatic rings. The van der Waals surface area contributed by atoms with Crippen molar-refractivity contribution in [2.45, 2.75) is 11.8 Å². The minimum absolute atomic E-state index is 0.0308. The van der Waals surface area contributed by atoms with Gasteiger partial charge in [-0.05, 0) is 43.3 Å². The Kier molecular flexibility index (Phi) is 5.71. The molecule has 0 aliphatic heterocycles. The van der Waals surface area contributed by atoms with Gasteiger partial charge in [0.2, 0.25) is 5.95 Å². The Labute approximate surface area is 169 Å². The van der Waals surface area contributed by atoms with Crippen molar-refractivity contribution in [2.24, 2.45) is 0 Å². The molecule has 1 heterocycles. The van der Waals surface area contributed by atoms with Gasteiger partial charge >= 0.3 is 0 Å². The van der Waals surface area contributed by atoms with Crippen LogP contribution >= 0.6 is 11.6 Å². The first-order valence-electron chi connectivity index (χ1n) is 8.42. The van der Waals surface area contributed by atoms with Gasteiger partial charge in [-0.15, -0.1) is 0 Å². The van der Waals surface area contributed by atoms with E-state index < -0.39 is 10.0 Å². The number of anilines is 4. The molecule has 0 fully saturated rings. The van der Waals surface area contributed by atoms with E-state index in [1.807, 2.05) is 32.0 Å². The summed E-state index contributed by atoms with van der Waals surface area (Å²) in [5, 5.41) is 3.29. The third-order valence-corrected chi connectivity index (χ3v) is 5.70. The maximum absolute atomic E-state index is 12.5. The van der Waals surface area contributed by atoms with Crippen LogP contribution in [0.4, 0.5) is 23.1 Å². The zero-order valence-corrected chi connectivity index (χ0v) is 17.2. The van der Waals surface area contributed by atoms with Gasteiger partial charge in [0.25, 0.3) is 10.0 Å². The van der Waals surface area contributed by atoms with E-state index in [2.05, 4.69) is 20.0 Å². The quantitative estimate of drug-likeness (QED) is 0.629. The lowest BCUT2D eigenvalue weighted by atomic mass is 10.3. The Hall–Kier alpha value is -2.84. The topological polar surface area (TPSA) is 87.2 Å². The molecule has 0 aliphatic carbocycles. The molecule has 0 saturated carbocycles. The summed E-state index contributed by atoms with van der Waals surface area (Å²) in [7, 11) is 0.0473. The van der Waals surface area contributed by atoms with Crippen LogP contribution in [0.5, 0.6) is 0 Å². The minimum atomic E-state index is -3.77. The van der Waals surface area contributed by atoms with Crippen molar-refractivity contribution < 1.29 is 8.42 Å². The van der Waals surface area contributed by atoms with Crippen LogP contribution in [-0.4, -0.2) is 32.5 Å². The summed E-state index contributed by atoms with van der Waals surface area (Å²) in [5.41, 5.74) is 1.99. The summed E-state index contributed by atoms with van der Waals surface area (Å²) in [4.78, 5) is 10.7. The Morgan fingerprint density at radius 1 is 0.964 bits per heavy atom. The van der Waals surface area contributed by atoms with Gasteiger partial charge in [-0.25, -0.2) is 13.4 Å². The zero-order chi connectivity index (χ0) is 20.3. The zero-order valence-electron chi connectivity index (χ0n) is 15.6. The third kappa shape index (κ3) is 4.71. The largest absolute Gasteiger partial charge is 0.363 e. The molecular weight excluding hydrogens is 398 g/mol. The maximum atomic E-state index is 12.5. The van der Waals surface area contributed by atoms with Crippen molar-refractivity contribution in [3.8, 4) is 0 Å². The van der Waals surface area contributed by atoms with Crippen molar-refractivity contribution >= 4 is 44.8 Å². The van der Waals surface area contributed by atoms with Gasteiger partial charge in [0.15, 0.2) is 0 Å². The van der Waals surface area contributed by atoms with E-state index in [9.17, 15) is 8.42 Å². The number of nitrogens with one attached hydrogen (secondary N) is 2. The molecule has 2 aromatic carbocycles. The number of nitrogens with zero attached hydrogens (tertiary/aromatic N) is 3. The smallest absolute Gasteiger partial charge is 0.263 e. The molecule has 7 nitrogen and oxygen atoms in total. The van der Waals surface area contributed by atoms with Crippen molar-refractivity contribution in [3.63, 3.8) is 0 Å². The van der Waals surface area contributed by atoms with Crippen molar-refractivity contribution in [3.05, 3.63) is 65.3 Å². The monoisotopic (exact) mass is 417 g/mol. The molecule has 9 heteroatoms. The Balaban J connectivity index is 1.76. The molecule has 28 heavy (non-hydrogen) atoms. The Morgan fingerprint density at radius 2 is 1.61 bits per heavy atom. The number of aromatic nitrogens is 2. The van der Waals surface area contributed by atoms with Crippen molar-refractivity contribution in [1.82, 2.24) is 9.97 Å². The average molecular weight is 418 g/mol. The summed E-state index contributed by atoms with van der Waals surface area (Å²) >= 11 is 5.99. The van der Waals surface area contributed by atoms with E-state index in [1.54, 1.807) is 36.4 Å². The predicted molar refractivity (Wildman–Crippen MR) is 113 cm³/mol. The third-order valence-electron chi connectivity index (χ3n) is 3.82. The molecule has 0 radical (unpaired) electrons. The number of benzene rings is 2. The number of sulfonamides is 1. The van der Waals surface area contributed by atoms with Crippen molar-refractivity contribution in [1.29, 1.82) is 0 Å². The molecule has 3 rings (SSSR count). The first kappa shape index (κ1) is 19.9. The summed E-state index contributed by atoms with van der Waals surface area (Å²) in [6, 6.07) is 15.0. The second-order valence-corrected chi connectivity index (χ2v) is 8.38. The lowest BCUT2D eigenvalue weighted by molar-refractivity contribution is 0.601. The van der Waals surface area contributed by atoms with Gasteiger partial charge in [-0.3, -0.25) is 4.72 Å². The maximum Gasteiger partial charge on any atom is 0.263 e. The number of halogens is 1. The molecule has 0 amide bonds. The summed E-state index contributed by atoms with van der Waals surface area (Å²) in [5.74, 6) is 1.26. The molecule has 1 aromatic heterocycles. The van der Waals surface area contributed by atoms with Gasteiger partial charge in [-0.2, -0.15) is 4.98 Å². The normalized spacial score (nSPS) is 11.1. The Bertz CT molecular complexity index is 1090. The fourth-order valence-corrected chi connectivity index (χ4v) is 4.04. The molecule has 0 aliphatic rings. The standard InChI is InChI=1S/C19H20ClN5O2S/c1-13-12-18(25(2)3)23-19(21-13)22-14-8-10-15(11-9-14)24-28(26,27)17-7-5-4-6-16(17)20/h4-12,24H,1-3H3,(H,21,22,23). The van der Waals surface area contributed by atoms with Crippen LogP contribution in [-0.2, 0) is 10.0 Å². The second kappa shape index (κ2) is 8.04. The average Bonchev–Trinajstić information content (AvgIpc) is 2.63. The van der Waals surface area contributed by atoms with Crippen LogP contribution in [0.15, 0.2) is 59.5 Å². The van der Waals surface area contributed by atoms with E-state index in [4.69, 9.17) is 11.6 Å². The SMILES string of the molecule is Cc1cc(N(C)C)nc(Nc2ccc(NS(=O)(=O)c3ccccc3Cl)cc2)n1. The predicted octanol–water partition coefficient (Wildman–Crippen LogP) is 4.05.